The van der Waals surface area contributed by atoms with Crippen LogP contribution in [0.3, 0.4) is 0 Å². The lowest BCUT2D eigenvalue weighted by molar-refractivity contribution is 0.0803. The van der Waals surface area contributed by atoms with Crippen LogP contribution in [0.5, 0.6) is 11.5 Å². The van der Waals surface area contributed by atoms with Crippen molar-refractivity contribution in [1.82, 2.24) is 4.90 Å². The Kier molecular flexibility index (Phi) is 4.15. The number of methoxy groups -OCH3 is 1. The van der Waals surface area contributed by atoms with Crippen molar-refractivity contribution in [2.45, 2.75) is 6.92 Å². The zero-order valence-electron chi connectivity index (χ0n) is 10.4. The van der Waals surface area contributed by atoms with Gasteiger partial charge >= 0.3 is 0 Å². The van der Waals surface area contributed by atoms with Crippen LogP contribution in [0, 0.1) is 0 Å². The maximum Gasteiger partial charge on any atom is 0.257 e. The molecule has 0 radical (unpaired) electrons. The summed E-state index contributed by atoms with van der Waals surface area (Å²) in [5.41, 5.74) is 1.11. The fraction of sp³-hybridized carbons (Fsp3) is 0.308. The zero-order valence-corrected chi connectivity index (χ0v) is 10.4. The lowest BCUT2D eigenvalue weighted by atomic mass is 10.1. The Morgan fingerprint density at radius 1 is 1.53 bits per heavy atom. The van der Waals surface area contributed by atoms with E-state index in [4.69, 9.17) is 4.74 Å². The topological polar surface area (TPSA) is 49.8 Å². The average molecular weight is 235 g/mol. The van der Waals surface area contributed by atoms with Crippen LogP contribution in [0.2, 0.25) is 0 Å². The molecule has 1 aromatic rings. The second-order valence-corrected chi connectivity index (χ2v) is 4.00. The summed E-state index contributed by atoms with van der Waals surface area (Å²) in [5.74, 6) is 0.226. The highest BCUT2D eigenvalue weighted by Crippen LogP contribution is 2.24. The molecule has 0 atom stereocenters. The van der Waals surface area contributed by atoms with Gasteiger partial charge in [-0.3, -0.25) is 4.79 Å². The molecule has 4 heteroatoms. The number of ether oxygens (including phenoxy) is 1. The number of hydrogen-bond donors (Lipinski definition) is 1. The highest BCUT2D eigenvalue weighted by Gasteiger charge is 2.16. The molecule has 0 spiro atoms. The molecule has 1 aromatic carbocycles. The molecule has 1 rings (SSSR count). The first-order valence-corrected chi connectivity index (χ1v) is 5.22. The number of nitrogens with zero attached hydrogens (tertiary/aromatic N) is 1. The number of phenols is 1. The summed E-state index contributed by atoms with van der Waals surface area (Å²) in [7, 11) is 3.17. The molecule has 0 aliphatic heterocycles. The van der Waals surface area contributed by atoms with Crippen molar-refractivity contribution in [3.63, 3.8) is 0 Å². The minimum atomic E-state index is -0.260. The first-order valence-electron chi connectivity index (χ1n) is 5.22. The molecule has 1 amide bonds. The van der Waals surface area contributed by atoms with Crippen LogP contribution in [0.1, 0.15) is 17.3 Å². The second-order valence-electron chi connectivity index (χ2n) is 4.00. The number of aromatic hydroxyl groups is 1. The molecule has 0 saturated carbocycles. The van der Waals surface area contributed by atoms with E-state index in [2.05, 4.69) is 6.58 Å². The van der Waals surface area contributed by atoms with E-state index < -0.39 is 0 Å². The smallest absolute Gasteiger partial charge is 0.257 e. The molecule has 0 aliphatic rings. The van der Waals surface area contributed by atoms with Crippen molar-refractivity contribution in [1.29, 1.82) is 0 Å². The molecule has 0 saturated heterocycles. The summed E-state index contributed by atoms with van der Waals surface area (Å²) in [5, 5.41) is 9.66. The number of likely N-dealkylation sites (N-methyl/N-ethyl adjacent to an activating group) is 1. The normalized spacial score (nSPS) is 9.82. The van der Waals surface area contributed by atoms with E-state index in [-0.39, 0.29) is 17.2 Å². The Labute approximate surface area is 101 Å². The van der Waals surface area contributed by atoms with E-state index >= 15 is 0 Å². The minimum absolute atomic E-state index is 0.0515. The van der Waals surface area contributed by atoms with E-state index in [0.717, 1.165) is 5.57 Å². The van der Waals surface area contributed by atoms with Gasteiger partial charge in [-0.15, -0.1) is 0 Å². The van der Waals surface area contributed by atoms with Crippen molar-refractivity contribution in [2.75, 3.05) is 20.7 Å². The van der Waals surface area contributed by atoms with Gasteiger partial charge in [0, 0.05) is 13.6 Å². The second kappa shape index (κ2) is 5.39. The third-order valence-electron chi connectivity index (χ3n) is 2.29. The molecule has 0 bridgehead atoms. The molecule has 92 valence electrons. The van der Waals surface area contributed by atoms with Gasteiger partial charge in [-0.1, -0.05) is 12.2 Å². The number of carbonyl (C=O) groups is 1. The summed E-state index contributed by atoms with van der Waals surface area (Å²) in [6.45, 7) is 6.04. The third kappa shape index (κ3) is 3.24. The molecule has 0 heterocycles. The summed E-state index contributed by atoms with van der Waals surface area (Å²) in [6, 6.07) is 4.57. The van der Waals surface area contributed by atoms with Crippen LogP contribution in [0.15, 0.2) is 30.4 Å². The lowest BCUT2D eigenvalue weighted by Crippen LogP contribution is -2.28. The van der Waals surface area contributed by atoms with Gasteiger partial charge in [0.2, 0.25) is 0 Å². The van der Waals surface area contributed by atoms with E-state index in [1.807, 2.05) is 6.92 Å². The summed E-state index contributed by atoms with van der Waals surface area (Å²) in [4.78, 5) is 13.5. The quantitative estimate of drug-likeness (QED) is 0.812. The first kappa shape index (κ1) is 13.1. The molecule has 0 unspecified atom stereocenters. The number of carbonyl (C=O) groups excluding carboxylic acids is 1. The SMILES string of the molecule is C=C(C)CN(C)C(=O)c1cc(OC)ccc1O. The number of hydrogen-bond acceptors (Lipinski definition) is 3. The fourth-order valence-electron chi connectivity index (χ4n) is 1.50. The van der Waals surface area contributed by atoms with Gasteiger partial charge in [0.15, 0.2) is 0 Å². The Morgan fingerprint density at radius 2 is 2.18 bits per heavy atom. The minimum Gasteiger partial charge on any atom is -0.507 e. The van der Waals surface area contributed by atoms with Gasteiger partial charge in [0.1, 0.15) is 11.5 Å². The number of benzene rings is 1. The summed E-state index contributed by atoms with van der Waals surface area (Å²) < 4.78 is 5.02. The summed E-state index contributed by atoms with van der Waals surface area (Å²) >= 11 is 0. The predicted molar refractivity (Wildman–Crippen MR) is 66.4 cm³/mol. The summed E-state index contributed by atoms with van der Waals surface area (Å²) in [6.07, 6.45) is 0. The van der Waals surface area contributed by atoms with Crippen LogP contribution < -0.4 is 4.74 Å². The van der Waals surface area contributed by atoms with Crippen molar-refractivity contribution in [2.24, 2.45) is 0 Å². The Morgan fingerprint density at radius 3 is 2.71 bits per heavy atom. The molecular weight excluding hydrogens is 218 g/mol. The number of amides is 1. The molecular formula is C13H17NO3. The van der Waals surface area contributed by atoms with Crippen LogP contribution in [-0.4, -0.2) is 36.6 Å². The largest absolute Gasteiger partial charge is 0.507 e. The van der Waals surface area contributed by atoms with Gasteiger partial charge in [-0.25, -0.2) is 0 Å². The Balaban J connectivity index is 2.98. The van der Waals surface area contributed by atoms with Crippen LogP contribution >= 0.6 is 0 Å². The van der Waals surface area contributed by atoms with E-state index in [1.54, 1.807) is 13.1 Å². The molecule has 4 nitrogen and oxygen atoms in total. The van der Waals surface area contributed by atoms with Crippen LogP contribution in [-0.2, 0) is 0 Å². The maximum atomic E-state index is 12.0. The maximum absolute atomic E-state index is 12.0. The highest BCUT2D eigenvalue weighted by molar-refractivity contribution is 5.97. The molecule has 17 heavy (non-hydrogen) atoms. The average Bonchev–Trinajstić information content (AvgIpc) is 2.28. The van der Waals surface area contributed by atoms with Crippen LogP contribution in [0.4, 0.5) is 0 Å². The van der Waals surface area contributed by atoms with Crippen molar-refractivity contribution >= 4 is 5.91 Å². The van der Waals surface area contributed by atoms with Crippen LogP contribution in [0.25, 0.3) is 0 Å². The first-order chi connectivity index (χ1) is 7.95. The Hall–Kier alpha value is -1.97. The lowest BCUT2D eigenvalue weighted by Gasteiger charge is -2.18. The molecule has 1 N–H and O–H groups in total. The fourth-order valence-corrected chi connectivity index (χ4v) is 1.50. The van der Waals surface area contributed by atoms with E-state index in [9.17, 15) is 9.90 Å². The molecule has 0 aromatic heterocycles. The van der Waals surface area contributed by atoms with Gasteiger partial charge < -0.3 is 14.7 Å². The third-order valence-corrected chi connectivity index (χ3v) is 2.29. The molecule has 0 fully saturated rings. The highest BCUT2D eigenvalue weighted by atomic mass is 16.5. The molecule has 0 aliphatic carbocycles. The van der Waals surface area contributed by atoms with Gasteiger partial charge in [-0.2, -0.15) is 0 Å². The van der Waals surface area contributed by atoms with Crippen molar-refractivity contribution in [3.8, 4) is 11.5 Å². The van der Waals surface area contributed by atoms with Crippen molar-refractivity contribution in [3.05, 3.63) is 35.9 Å². The van der Waals surface area contributed by atoms with Gasteiger partial charge in [0.25, 0.3) is 5.91 Å². The Bertz CT molecular complexity index is 440. The van der Waals surface area contributed by atoms with Gasteiger partial charge in [0.05, 0.1) is 12.7 Å². The predicted octanol–water partition coefficient (Wildman–Crippen LogP) is 2.05. The van der Waals surface area contributed by atoms with Crippen molar-refractivity contribution < 1.29 is 14.6 Å². The van der Waals surface area contributed by atoms with E-state index in [0.29, 0.717) is 12.3 Å². The standard InChI is InChI=1S/C13H17NO3/c1-9(2)8-14(3)13(16)11-7-10(17-4)5-6-12(11)15/h5-7,15H,1,8H2,2-4H3. The number of rotatable bonds is 4. The zero-order chi connectivity index (χ0) is 13.0. The van der Waals surface area contributed by atoms with E-state index in [1.165, 1.54) is 24.1 Å². The number of phenolic OH excluding ortho intramolecular Hbond substituents is 1. The van der Waals surface area contributed by atoms with Gasteiger partial charge in [-0.05, 0) is 25.1 Å². The monoisotopic (exact) mass is 235 g/mol.